The highest BCUT2D eigenvalue weighted by Crippen LogP contribution is 2.30. The molecule has 0 fully saturated rings. The molecule has 0 aromatic heterocycles. The minimum absolute atomic E-state index is 0.0930. The van der Waals surface area contributed by atoms with Crippen LogP contribution in [0.1, 0.15) is 10.4 Å². The van der Waals surface area contributed by atoms with Crippen molar-refractivity contribution in [1.29, 1.82) is 0 Å². The van der Waals surface area contributed by atoms with E-state index in [1.807, 2.05) is 0 Å². The Morgan fingerprint density at radius 1 is 1.22 bits per heavy atom. The van der Waals surface area contributed by atoms with Crippen molar-refractivity contribution in [3.05, 3.63) is 57.1 Å². The maximum absolute atomic E-state index is 12.5. The summed E-state index contributed by atoms with van der Waals surface area (Å²) in [6, 6.07) is 7.58. The van der Waals surface area contributed by atoms with Gasteiger partial charge in [-0.25, -0.2) is 12.7 Å². The molecule has 11 heteroatoms. The first-order chi connectivity index (χ1) is 12.6. The number of hydrogen-bond acceptors (Lipinski definition) is 6. The van der Waals surface area contributed by atoms with Gasteiger partial charge < -0.3 is 10.1 Å². The zero-order valence-electron chi connectivity index (χ0n) is 14.6. The van der Waals surface area contributed by atoms with Crippen LogP contribution in [0.5, 0.6) is 5.75 Å². The molecule has 1 amide bonds. The van der Waals surface area contributed by atoms with E-state index in [1.54, 1.807) is 0 Å². The molecule has 0 aliphatic heterocycles. The molecule has 0 spiro atoms. The lowest BCUT2D eigenvalue weighted by atomic mass is 10.1. The van der Waals surface area contributed by atoms with Crippen molar-refractivity contribution in [2.24, 2.45) is 0 Å². The third kappa shape index (κ3) is 4.35. The lowest BCUT2D eigenvalue weighted by Crippen LogP contribution is -2.23. The minimum atomic E-state index is -3.84. The maximum atomic E-state index is 12.5. The molecule has 2 aromatic rings. The number of amides is 1. The second kappa shape index (κ2) is 7.91. The lowest BCUT2D eigenvalue weighted by Gasteiger charge is -2.16. The Hall–Kier alpha value is -2.69. The summed E-state index contributed by atoms with van der Waals surface area (Å²) in [5, 5.41) is 13.7. The van der Waals surface area contributed by atoms with Crippen LogP contribution in [0.3, 0.4) is 0 Å². The Morgan fingerprint density at radius 3 is 2.44 bits per heavy atom. The smallest absolute Gasteiger partial charge is 0.282 e. The maximum Gasteiger partial charge on any atom is 0.282 e. The molecular weight excluding hydrogens is 398 g/mol. The van der Waals surface area contributed by atoms with Crippen molar-refractivity contribution in [3.8, 4) is 5.75 Å². The Balaban J connectivity index is 2.46. The fourth-order valence-corrected chi connectivity index (χ4v) is 3.45. The largest absolute Gasteiger partial charge is 0.495 e. The monoisotopic (exact) mass is 413 g/mol. The fraction of sp³-hybridized carbons (Fsp3) is 0.188. The van der Waals surface area contributed by atoms with Crippen LogP contribution >= 0.6 is 11.6 Å². The number of nitrogens with zero attached hydrogens (tertiary/aromatic N) is 2. The van der Waals surface area contributed by atoms with Gasteiger partial charge in [0.05, 0.1) is 12.0 Å². The number of rotatable bonds is 6. The summed E-state index contributed by atoms with van der Waals surface area (Å²) in [7, 11) is 0.187. The number of carbonyl (C=O) groups is 1. The quantitative estimate of drug-likeness (QED) is 0.574. The highest BCUT2D eigenvalue weighted by atomic mass is 35.5. The number of nitro groups is 1. The number of nitro benzene ring substituents is 1. The van der Waals surface area contributed by atoms with Crippen LogP contribution in [0.2, 0.25) is 5.02 Å². The topological polar surface area (TPSA) is 119 Å². The van der Waals surface area contributed by atoms with Gasteiger partial charge in [-0.05, 0) is 30.3 Å². The van der Waals surface area contributed by atoms with Crippen LogP contribution in [0.4, 0.5) is 11.4 Å². The predicted octanol–water partition coefficient (Wildman–Crippen LogP) is 2.76. The van der Waals surface area contributed by atoms with Crippen molar-refractivity contribution in [2.75, 3.05) is 26.5 Å². The number of benzene rings is 2. The van der Waals surface area contributed by atoms with Crippen LogP contribution < -0.4 is 10.1 Å². The van der Waals surface area contributed by atoms with Crippen molar-refractivity contribution in [2.45, 2.75) is 4.90 Å². The molecule has 27 heavy (non-hydrogen) atoms. The molecule has 2 aromatic carbocycles. The minimum Gasteiger partial charge on any atom is -0.495 e. The highest BCUT2D eigenvalue weighted by Gasteiger charge is 2.24. The van der Waals surface area contributed by atoms with Gasteiger partial charge in [0.25, 0.3) is 11.6 Å². The van der Waals surface area contributed by atoms with E-state index in [2.05, 4.69) is 5.32 Å². The number of sulfonamides is 1. The first-order valence-corrected chi connectivity index (χ1v) is 9.25. The van der Waals surface area contributed by atoms with Gasteiger partial charge in [-0.3, -0.25) is 14.9 Å². The number of ether oxygens (including phenoxy) is 1. The van der Waals surface area contributed by atoms with Crippen molar-refractivity contribution in [3.63, 3.8) is 0 Å². The van der Waals surface area contributed by atoms with Gasteiger partial charge in [0.15, 0.2) is 0 Å². The van der Waals surface area contributed by atoms with E-state index in [0.717, 1.165) is 16.4 Å². The molecule has 0 radical (unpaired) electrons. The number of hydrogen-bond donors (Lipinski definition) is 1. The number of methoxy groups -OCH3 is 1. The van der Waals surface area contributed by atoms with Crippen LogP contribution in [0.25, 0.3) is 0 Å². The van der Waals surface area contributed by atoms with E-state index in [-0.39, 0.29) is 26.9 Å². The molecule has 0 heterocycles. The first-order valence-electron chi connectivity index (χ1n) is 7.43. The summed E-state index contributed by atoms with van der Waals surface area (Å²) in [5.41, 5.74) is -0.553. The second-order valence-corrected chi connectivity index (χ2v) is 8.08. The number of anilines is 1. The Labute approximate surface area is 160 Å². The van der Waals surface area contributed by atoms with E-state index >= 15 is 0 Å². The van der Waals surface area contributed by atoms with Gasteiger partial charge in [0.1, 0.15) is 16.2 Å². The molecule has 0 aliphatic rings. The van der Waals surface area contributed by atoms with Crippen molar-refractivity contribution in [1.82, 2.24) is 4.31 Å². The van der Waals surface area contributed by atoms with Crippen LogP contribution in [-0.4, -0.2) is 44.8 Å². The van der Waals surface area contributed by atoms with Crippen molar-refractivity contribution < 1.29 is 22.9 Å². The fourth-order valence-electron chi connectivity index (χ4n) is 2.20. The Bertz CT molecular complexity index is 1010. The molecule has 144 valence electrons. The van der Waals surface area contributed by atoms with E-state index in [4.69, 9.17) is 16.3 Å². The van der Waals surface area contributed by atoms with Gasteiger partial charge in [0.2, 0.25) is 10.0 Å². The summed E-state index contributed by atoms with van der Waals surface area (Å²) in [6.07, 6.45) is 0. The molecule has 0 saturated carbocycles. The zero-order chi connectivity index (χ0) is 20.4. The van der Waals surface area contributed by atoms with Gasteiger partial charge in [-0.1, -0.05) is 11.6 Å². The number of nitrogens with one attached hydrogen (secondary N) is 1. The average Bonchev–Trinajstić information content (AvgIpc) is 2.61. The first kappa shape index (κ1) is 20.6. The summed E-state index contributed by atoms with van der Waals surface area (Å²) >= 11 is 5.82. The Kier molecular flexibility index (Phi) is 6.04. The lowest BCUT2D eigenvalue weighted by molar-refractivity contribution is -0.385. The van der Waals surface area contributed by atoms with Gasteiger partial charge in [-0.15, -0.1) is 0 Å². The predicted molar refractivity (Wildman–Crippen MR) is 99.9 cm³/mol. The third-order valence-electron chi connectivity index (χ3n) is 3.58. The third-order valence-corrected chi connectivity index (χ3v) is 5.65. The number of carbonyl (C=O) groups excluding carboxylic acids is 1. The zero-order valence-corrected chi connectivity index (χ0v) is 16.2. The second-order valence-electron chi connectivity index (χ2n) is 5.53. The van der Waals surface area contributed by atoms with E-state index < -0.39 is 26.5 Å². The molecule has 0 aliphatic carbocycles. The molecule has 0 bridgehead atoms. The average molecular weight is 414 g/mol. The summed E-state index contributed by atoms with van der Waals surface area (Å²) in [4.78, 5) is 22.7. The summed E-state index contributed by atoms with van der Waals surface area (Å²) < 4.78 is 30.9. The van der Waals surface area contributed by atoms with E-state index in [9.17, 15) is 23.3 Å². The van der Waals surface area contributed by atoms with Gasteiger partial charge in [0, 0.05) is 30.9 Å². The Morgan fingerprint density at radius 2 is 1.89 bits per heavy atom. The standard InChI is InChI=1S/C16H16ClN3O6S/c1-19(2)27(24,25)15-9-11(5-7-14(15)26-3)18-16(21)12-8-10(17)4-6-13(12)20(22)23/h4-9H,1-3H3,(H,18,21). The van der Waals surface area contributed by atoms with E-state index in [0.29, 0.717) is 0 Å². The van der Waals surface area contributed by atoms with Crippen LogP contribution in [0.15, 0.2) is 41.3 Å². The molecular formula is C16H16ClN3O6S. The normalized spacial score (nSPS) is 11.3. The van der Waals surface area contributed by atoms with Gasteiger partial charge >= 0.3 is 0 Å². The summed E-state index contributed by atoms with van der Waals surface area (Å²) in [5.74, 6) is -0.710. The van der Waals surface area contributed by atoms with Crippen molar-refractivity contribution >= 4 is 38.9 Å². The SMILES string of the molecule is COc1ccc(NC(=O)c2cc(Cl)ccc2[N+](=O)[O-])cc1S(=O)(=O)N(C)C. The molecule has 9 nitrogen and oxygen atoms in total. The molecule has 1 N–H and O–H groups in total. The van der Waals surface area contributed by atoms with Crippen LogP contribution in [0, 0.1) is 10.1 Å². The highest BCUT2D eigenvalue weighted by molar-refractivity contribution is 7.89. The summed E-state index contributed by atoms with van der Waals surface area (Å²) in [6.45, 7) is 0. The molecule has 0 saturated heterocycles. The van der Waals surface area contributed by atoms with Gasteiger partial charge in [-0.2, -0.15) is 0 Å². The molecule has 0 atom stereocenters. The number of halogens is 1. The van der Waals surface area contributed by atoms with Crippen LogP contribution in [-0.2, 0) is 10.0 Å². The molecule has 0 unspecified atom stereocenters. The van der Waals surface area contributed by atoms with E-state index in [1.165, 1.54) is 45.5 Å². The molecule has 2 rings (SSSR count).